The average molecular weight is 472 g/mol. The molecule has 146 valence electrons. The van der Waals surface area contributed by atoms with Gasteiger partial charge in [0.15, 0.2) is 0 Å². The van der Waals surface area contributed by atoms with Gasteiger partial charge in [-0.05, 0) is 54.4 Å². The first kappa shape index (κ1) is 19.5. The summed E-state index contributed by atoms with van der Waals surface area (Å²) in [7, 11) is 0. The first-order valence-corrected chi connectivity index (χ1v) is 10.0. The number of imide groups is 1. The van der Waals surface area contributed by atoms with Gasteiger partial charge in [-0.15, -0.1) is 0 Å². The van der Waals surface area contributed by atoms with E-state index in [-0.39, 0.29) is 12.2 Å². The lowest BCUT2D eigenvalue weighted by Gasteiger charge is -2.11. The van der Waals surface area contributed by atoms with Crippen LogP contribution in [0.2, 0.25) is 5.02 Å². The van der Waals surface area contributed by atoms with Gasteiger partial charge in [0.2, 0.25) is 0 Å². The van der Waals surface area contributed by atoms with Crippen molar-refractivity contribution in [2.45, 2.75) is 13.5 Å². The van der Waals surface area contributed by atoms with Crippen molar-refractivity contribution in [3.63, 3.8) is 0 Å². The zero-order valence-corrected chi connectivity index (χ0v) is 17.8. The quantitative estimate of drug-likeness (QED) is 0.388. The van der Waals surface area contributed by atoms with Crippen LogP contribution in [0.3, 0.4) is 0 Å². The van der Waals surface area contributed by atoms with E-state index < -0.39 is 11.9 Å². The second kappa shape index (κ2) is 7.89. The minimum atomic E-state index is -0.468. The summed E-state index contributed by atoms with van der Waals surface area (Å²) in [5.74, 6) is 0.738. The largest absolute Gasteiger partial charge is 0.457 e. The van der Waals surface area contributed by atoms with Crippen LogP contribution in [0.25, 0.3) is 17.4 Å². The van der Waals surface area contributed by atoms with Crippen molar-refractivity contribution in [2.75, 3.05) is 0 Å². The number of halogens is 2. The summed E-state index contributed by atoms with van der Waals surface area (Å²) in [4.78, 5) is 26.1. The number of carbonyl (C=O) groups excluding carboxylic acids is 2. The summed E-state index contributed by atoms with van der Waals surface area (Å²) >= 11 is 9.42. The normalized spacial score (nSPS) is 15.3. The van der Waals surface area contributed by atoms with Gasteiger partial charge in [0.1, 0.15) is 17.2 Å². The van der Waals surface area contributed by atoms with E-state index in [0.29, 0.717) is 16.5 Å². The van der Waals surface area contributed by atoms with Crippen LogP contribution in [0, 0.1) is 6.92 Å². The molecule has 1 aliphatic heterocycles. The molecule has 3 amide bonds. The van der Waals surface area contributed by atoms with Crippen molar-refractivity contribution < 1.29 is 14.0 Å². The fraction of sp³-hybridized carbons (Fsp3) is 0.0909. The van der Waals surface area contributed by atoms with E-state index in [1.807, 2.05) is 31.2 Å². The lowest BCUT2D eigenvalue weighted by atomic mass is 10.1. The number of urea groups is 1. The fourth-order valence-electron chi connectivity index (χ4n) is 3.02. The molecular weight excluding hydrogens is 456 g/mol. The minimum absolute atomic E-state index is 0.166. The summed E-state index contributed by atoms with van der Waals surface area (Å²) in [6.07, 6.45) is 1.54. The fourth-order valence-corrected chi connectivity index (χ4v) is 3.84. The van der Waals surface area contributed by atoms with Crippen LogP contribution in [-0.4, -0.2) is 16.8 Å². The number of amides is 3. The highest BCUT2D eigenvalue weighted by molar-refractivity contribution is 9.10. The van der Waals surface area contributed by atoms with Gasteiger partial charge in [0.25, 0.3) is 5.91 Å². The van der Waals surface area contributed by atoms with Crippen LogP contribution in [0.5, 0.6) is 0 Å². The predicted octanol–water partition coefficient (Wildman–Crippen LogP) is 5.76. The van der Waals surface area contributed by atoms with E-state index in [9.17, 15) is 9.59 Å². The van der Waals surface area contributed by atoms with E-state index in [1.54, 1.807) is 30.3 Å². The van der Waals surface area contributed by atoms with Gasteiger partial charge in [0, 0.05) is 21.1 Å². The molecule has 7 heteroatoms. The lowest BCUT2D eigenvalue weighted by molar-refractivity contribution is -0.123. The standard InChI is InChI=1S/C22H16BrClN2O3/c1-13-2-8-17(18(23)10-13)20-9-7-16(29-20)11-19-21(27)26(22(28)25-19)12-14-3-5-15(24)6-4-14/h2-11H,12H2,1H3,(H,25,28). The Kier molecular flexibility index (Phi) is 5.30. The summed E-state index contributed by atoms with van der Waals surface area (Å²) in [6.45, 7) is 2.18. The highest BCUT2D eigenvalue weighted by atomic mass is 79.9. The van der Waals surface area contributed by atoms with E-state index in [1.165, 1.54) is 6.08 Å². The SMILES string of the molecule is Cc1ccc(-c2ccc(C=C3NC(=O)N(Cc4ccc(Cl)cc4)C3=O)o2)c(Br)c1. The van der Waals surface area contributed by atoms with Crippen LogP contribution < -0.4 is 5.32 Å². The maximum absolute atomic E-state index is 12.7. The molecule has 2 heterocycles. The van der Waals surface area contributed by atoms with E-state index >= 15 is 0 Å². The van der Waals surface area contributed by atoms with E-state index in [4.69, 9.17) is 16.0 Å². The predicted molar refractivity (Wildman–Crippen MR) is 115 cm³/mol. The number of rotatable bonds is 4. The van der Waals surface area contributed by atoms with Crippen LogP contribution >= 0.6 is 27.5 Å². The molecule has 0 bridgehead atoms. The zero-order valence-electron chi connectivity index (χ0n) is 15.4. The number of furan rings is 1. The number of aryl methyl sites for hydroxylation is 1. The van der Waals surface area contributed by atoms with Gasteiger partial charge in [-0.3, -0.25) is 9.69 Å². The van der Waals surface area contributed by atoms with E-state index in [0.717, 1.165) is 26.1 Å². The molecule has 2 aromatic carbocycles. The van der Waals surface area contributed by atoms with Crippen molar-refractivity contribution in [3.8, 4) is 11.3 Å². The van der Waals surface area contributed by atoms with Crippen molar-refractivity contribution in [1.82, 2.24) is 10.2 Å². The third-order valence-electron chi connectivity index (χ3n) is 4.52. The first-order chi connectivity index (χ1) is 13.9. The topological polar surface area (TPSA) is 62.6 Å². The summed E-state index contributed by atoms with van der Waals surface area (Å²) in [5, 5.41) is 3.20. The summed E-state index contributed by atoms with van der Waals surface area (Å²) in [6, 6.07) is 16.1. The molecule has 0 atom stereocenters. The van der Waals surface area contributed by atoms with Crippen LogP contribution in [-0.2, 0) is 11.3 Å². The molecule has 3 aromatic rings. The Morgan fingerprint density at radius 3 is 2.59 bits per heavy atom. The number of benzene rings is 2. The van der Waals surface area contributed by atoms with Gasteiger partial charge in [-0.25, -0.2) is 4.79 Å². The molecule has 0 aliphatic carbocycles. The Hall–Kier alpha value is -2.83. The molecule has 1 saturated heterocycles. The Labute approximate surface area is 181 Å². The Morgan fingerprint density at radius 2 is 1.86 bits per heavy atom. The van der Waals surface area contributed by atoms with Crippen LogP contribution in [0.15, 0.2) is 69.2 Å². The van der Waals surface area contributed by atoms with Gasteiger partial charge in [0.05, 0.1) is 6.54 Å². The first-order valence-electron chi connectivity index (χ1n) is 8.86. The third-order valence-corrected chi connectivity index (χ3v) is 5.43. The van der Waals surface area contributed by atoms with Crippen LogP contribution in [0.4, 0.5) is 4.79 Å². The number of nitrogens with one attached hydrogen (secondary N) is 1. The monoisotopic (exact) mass is 470 g/mol. The molecule has 1 N–H and O–H groups in total. The molecular formula is C22H16BrClN2O3. The summed E-state index contributed by atoms with van der Waals surface area (Å²) < 4.78 is 6.78. The number of carbonyl (C=O) groups is 2. The van der Waals surface area contributed by atoms with Gasteiger partial charge >= 0.3 is 6.03 Å². The van der Waals surface area contributed by atoms with Gasteiger partial charge in [-0.2, -0.15) is 0 Å². The van der Waals surface area contributed by atoms with Crippen molar-refractivity contribution >= 4 is 45.5 Å². The lowest BCUT2D eigenvalue weighted by Crippen LogP contribution is -2.30. The zero-order chi connectivity index (χ0) is 20.5. The molecule has 0 unspecified atom stereocenters. The molecule has 4 rings (SSSR count). The molecule has 1 fully saturated rings. The highest BCUT2D eigenvalue weighted by Gasteiger charge is 2.33. The average Bonchev–Trinajstić information content (AvgIpc) is 3.24. The van der Waals surface area contributed by atoms with Crippen LogP contribution in [0.1, 0.15) is 16.9 Å². The van der Waals surface area contributed by atoms with Gasteiger partial charge < -0.3 is 9.73 Å². The second-order valence-electron chi connectivity index (χ2n) is 6.69. The van der Waals surface area contributed by atoms with Crippen molar-refractivity contribution in [1.29, 1.82) is 0 Å². The maximum atomic E-state index is 12.7. The molecule has 0 saturated carbocycles. The number of hydrogen-bond acceptors (Lipinski definition) is 3. The van der Waals surface area contributed by atoms with E-state index in [2.05, 4.69) is 21.2 Å². The highest BCUT2D eigenvalue weighted by Crippen LogP contribution is 2.31. The third kappa shape index (κ3) is 4.13. The molecule has 5 nitrogen and oxygen atoms in total. The van der Waals surface area contributed by atoms with Crippen molar-refractivity contribution in [2.24, 2.45) is 0 Å². The Morgan fingerprint density at radius 1 is 1.10 bits per heavy atom. The maximum Gasteiger partial charge on any atom is 0.329 e. The number of hydrogen-bond donors (Lipinski definition) is 1. The van der Waals surface area contributed by atoms with Gasteiger partial charge in [-0.1, -0.05) is 45.7 Å². The van der Waals surface area contributed by atoms with Crippen molar-refractivity contribution in [3.05, 3.63) is 86.7 Å². The molecule has 1 aliphatic rings. The second-order valence-corrected chi connectivity index (χ2v) is 7.98. The molecule has 0 spiro atoms. The summed E-state index contributed by atoms with van der Waals surface area (Å²) in [5.41, 5.74) is 3.03. The smallest absolute Gasteiger partial charge is 0.329 e. The molecule has 0 radical (unpaired) electrons. The Bertz CT molecular complexity index is 1140. The minimum Gasteiger partial charge on any atom is -0.457 e. The molecule has 29 heavy (non-hydrogen) atoms. The Balaban J connectivity index is 1.54. The molecule has 1 aromatic heterocycles. The number of nitrogens with zero attached hydrogens (tertiary/aromatic N) is 1.